The zero-order valence-corrected chi connectivity index (χ0v) is 11.4. The maximum absolute atomic E-state index is 11.7. The van der Waals surface area contributed by atoms with Crippen LogP contribution < -0.4 is 10.9 Å². The number of nitrogens with zero attached hydrogens (tertiary/aromatic N) is 3. The lowest BCUT2D eigenvalue weighted by Crippen LogP contribution is -2.34. The molecular formula is C10H11IN4O2. The van der Waals surface area contributed by atoms with E-state index >= 15 is 0 Å². The highest BCUT2D eigenvalue weighted by molar-refractivity contribution is 14.1. The van der Waals surface area contributed by atoms with E-state index in [1.54, 1.807) is 6.92 Å². The van der Waals surface area contributed by atoms with Crippen molar-refractivity contribution in [3.63, 3.8) is 0 Å². The van der Waals surface area contributed by atoms with Gasteiger partial charge in [-0.05, 0) is 29.5 Å². The average molecular weight is 346 g/mol. The highest BCUT2D eigenvalue weighted by Gasteiger charge is 2.08. The summed E-state index contributed by atoms with van der Waals surface area (Å²) in [4.78, 5) is 27.2. The first-order chi connectivity index (χ1) is 8.06. The number of nitrogens with one attached hydrogen (secondary N) is 1. The fourth-order valence-electron chi connectivity index (χ4n) is 1.13. The Morgan fingerprint density at radius 1 is 1.71 bits per heavy atom. The Hall–Kier alpha value is -1.43. The molecule has 1 aromatic rings. The molecular weight excluding hydrogens is 335 g/mol. The van der Waals surface area contributed by atoms with Crippen molar-refractivity contribution in [2.45, 2.75) is 19.9 Å². The van der Waals surface area contributed by atoms with E-state index in [1.165, 1.54) is 10.9 Å². The molecule has 6 nitrogen and oxygen atoms in total. The Kier molecular flexibility index (Phi) is 5.09. The number of rotatable bonds is 4. The Morgan fingerprint density at radius 3 is 3.06 bits per heavy atom. The molecule has 0 aliphatic heterocycles. The van der Waals surface area contributed by atoms with Gasteiger partial charge in [0.1, 0.15) is 6.54 Å². The van der Waals surface area contributed by atoms with Crippen LogP contribution in [0.5, 0.6) is 0 Å². The molecule has 17 heavy (non-hydrogen) atoms. The standard InChI is InChI=1S/C10H11IN4O2/c1-7-9(11)10(17)15(6-14-7)5-8(16)13-4-2-3-12/h6H,2,4-5H2,1H3,(H,13,16). The normalized spacial score (nSPS) is 9.71. The van der Waals surface area contributed by atoms with Gasteiger partial charge in [-0.25, -0.2) is 4.98 Å². The van der Waals surface area contributed by atoms with Crippen LogP contribution in [-0.4, -0.2) is 22.0 Å². The van der Waals surface area contributed by atoms with Crippen molar-refractivity contribution in [3.05, 3.63) is 25.9 Å². The van der Waals surface area contributed by atoms with Crippen LogP contribution in [0.2, 0.25) is 0 Å². The molecule has 0 aliphatic carbocycles. The van der Waals surface area contributed by atoms with Crippen LogP contribution >= 0.6 is 22.6 Å². The summed E-state index contributed by atoms with van der Waals surface area (Å²) in [5, 5.41) is 10.9. The Bertz CT molecular complexity index is 518. The molecule has 0 spiro atoms. The van der Waals surface area contributed by atoms with E-state index in [2.05, 4.69) is 10.3 Å². The summed E-state index contributed by atoms with van der Waals surface area (Å²) < 4.78 is 1.76. The number of aryl methyl sites for hydroxylation is 1. The zero-order chi connectivity index (χ0) is 12.8. The van der Waals surface area contributed by atoms with Gasteiger partial charge in [-0.1, -0.05) is 0 Å². The van der Waals surface area contributed by atoms with Crippen LogP contribution in [0.3, 0.4) is 0 Å². The fourth-order valence-corrected chi connectivity index (χ4v) is 1.58. The Labute approximate surface area is 112 Å². The summed E-state index contributed by atoms with van der Waals surface area (Å²) in [7, 11) is 0. The second kappa shape index (κ2) is 6.34. The molecule has 0 saturated carbocycles. The number of nitriles is 1. The van der Waals surface area contributed by atoms with Gasteiger partial charge >= 0.3 is 0 Å². The first kappa shape index (κ1) is 13.6. The van der Waals surface area contributed by atoms with Gasteiger partial charge in [0.05, 0.1) is 28.1 Å². The molecule has 0 bridgehead atoms. The number of carbonyl (C=O) groups is 1. The monoisotopic (exact) mass is 346 g/mol. The van der Waals surface area contributed by atoms with Crippen molar-refractivity contribution >= 4 is 28.5 Å². The quantitative estimate of drug-likeness (QED) is 0.623. The smallest absolute Gasteiger partial charge is 0.267 e. The van der Waals surface area contributed by atoms with E-state index < -0.39 is 0 Å². The average Bonchev–Trinajstić information content (AvgIpc) is 2.30. The summed E-state index contributed by atoms with van der Waals surface area (Å²) >= 11 is 1.91. The molecule has 1 N–H and O–H groups in total. The lowest BCUT2D eigenvalue weighted by molar-refractivity contribution is -0.121. The first-order valence-electron chi connectivity index (χ1n) is 4.91. The number of amides is 1. The summed E-state index contributed by atoms with van der Waals surface area (Å²) in [6.45, 7) is 1.95. The maximum atomic E-state index is 11.7. The molecule has 0 radical (unpaired) electrons. The minimum absolute atomic E-state index is 0.0758. The first-order valence-corrected chi connectivity index (χ1v) is 5.99. The topological polar surface area (TPSA) is 87.8 Å². The predicted octanol–water partition coefficient (Wildman–Crippen LogP) is 0.186. The molecule has 0 aliphatic rings. The minimum atomic E-state index is -0.302. The second-order valence-corrected chi connectivity index (χ2v) is 4.41. The molecule has 1 aromatic heterocycles. The molecule has 90 valence electrons. The number of hydrogen-bond acceptors (Lipinski definition) is 4. The summed E-state index contributed by atoms with van der Waals surface area (Å²) in [6.07, 6.45) is 1.61. The Morgan fingerprint density at radius 2 is 2.41 bits per heavy atom. The van der Waals surface area contributed by atoms with Gasteiger partial charge in [-0.2, -0.15) is 5.26 Å². The van der Waals surface area contributed by atoms with E-state index in [0.717, 1.165) is 0 Å². The SMILES string of the molecule is Cc1ncn(CC(=O)NCCC#N)c(=O)c1I. The van der Waals surface area contributed by atoms with E-state index in [1.807, 2.05) is 28.7 Å². The van der Waals surface area contributed by atoms with Crippen LogP contribution in [0, 0.1) is 21.8 Å². The van der Waals surface area contributed by atoms with Gasteiger partial charge in [0, 0.05) is 6.54 Å². The lowest BCUT2D eigenvalue weighted by atomic mass is 10.4. The number of aromatic nitrogens is 2. The van der Waals surface area contributed by atoms with E-state index in [9.17, 15) is 9.59 Å². The van der Waals surface area contributed by atoms with Crippen LogP contribution in [0.25, 0.3) is 0 Å². The summed E-state index contributed by atoms with van der Waals surface area (Å²) in [5.74, 6) is -0.302. The van der Waals surface area contributed by atoms with Crippen LogP contribution in [0.15, 0.2) is 11.1 Å². The molecule has 0 saturated heterocycles. The van der Waals surface area contributed by atoms with Gasteiger partial charge in [-0.15, -0.1) is 0 Å². The third kappa shape index (κ3) is 3.81. The van der Waals surface area contributed by atoms with Gasteiger partial charge < -0.3 is 5.32 Å². The molecule has 0 atom stereocenters. The summed E-state index contributed by atoms with van der Waals surface area (Å²) in [6, 6.07) is 1.92. The molecule has 0 aromatic carbocycles. The van der Waals surface area contributed by atoms with Crippen molar-refractivity contribution in [2.75, 3.05) is 6.54 Å². The van der Waals surface area contributed by atoms with Crippen LogP contribution in [0.4, 0.5) is 0 Å². The fraction of sp³-hybridized carbons (Fsp3) is 0.400. The third-order valence-electron chi connectivity index (χ3n) is 2.03. The lowest BCUT2D eigenvalue weighted by Gasteiger charge is -2.06. The van der Waals surface area contributed by atoms with E-state index in [4.69, 9.17) is 5.26 Å². The number of halogens is 1. The second-order valence-electron chi connectivity index (χ2n) is 3.34. The van der Waals surface area contributed by atoms with Crippen molar-refractivity contribution in [2.24, 2.45) is 0 Å². The largest absolute Gasteiger partial charge is 0.354 e. The molecule has 0 fully saturated rings. The van der Waals surface area contributed by atoms with Crippen LogP contribution in [0.1, 0.15) is 12.1 Å². The number of carbonyl (C=O) groups excluding carboxylic acids is 1. The molecule has 1 heterocycles. The zero-order valence-electron chi connectivity index (χ0n) is 9.23. The highest BCUT2D eigenvalue weighted by Crippen LogP contribution is 2.00. The van der Waals surface area contributed by atoms with Gasteiger partial charge in [0.15, 0.2) is 0 Å². The minimum Gasteiger partial charge on any atom is -0.354 e. The van der Waals surface area contributed by atoms with E-state index in [0.29, 0.717) is 15.8 Å². The third-order valence-corrected chi connectivity index (χ3v) is 3.27. The maximum Gasteiger partial charge on any atom is 0.267 e. The van der Waals surface area contributed by atoms with Crippen LogP contribution in [-0.2, 0) is 11.3 Å². The van der Waals surface area contributed by atoms with Gasteiger partial charge in [0.2, 0.25) is 5.91 Å². The Balaban J connectivity index is 2.70. The van der Waals surface area contributed by atoms with Gasteiger partial charge in [0.25, 0.3) is 5.56 Å². The number of hydrogen-bond donors (Lipinski definition) is 1. The molecule has 0 unspecified atom stereocenters. The van der Waals surface area contributed by atoms with Crippen molar-refractivity contribution in [1.29, 1.82) is 5.26 Å². The highest BCUT2D eigenvalue weighted by atomic mass is 127. The van der Waals surface area contributed by atoms with Crippen molar-refractivity contribution in [3.8, 4) is 6.07 Å². The predicted molar refractivity (Wildman–Crippen MR) is 69.2 cm³/mol. The molecule has 7 heteroatoms. The molecule has 1 amide bonds. The van der Waals surface area contributed by atoms with E-state index in [-0.39, 0.29) is 24.4 Å². The van der Waals surface area contributed by atoms with Gasteiger partial charge in [-0.3, -0.25) is 14.2 Å². The molecule has 1 rings (SSSR count). The summed E-state index contributed by atoms with van der Waals surface area (Å²) in [5.41, 5.74) is 0.422. The van der Waals surface area contributed by atoms with Crippen molar-refractivity contribution < 1.29 is 4.79 Å². The van der Waals surface area contributed by atoms with Crippen molar-refractivity contribution in [1.82, 2.24) is 14.9 Å².